The summed E-state index contributed by atoms with van der Waals surface area (Å²) in [7, 11) is 1.74. The van der Waals surface area contributed by atoms with Gasteiger partial charge in [-0.05, 0) is 17.7 Å². The van der Waals surface area contributed by atoms with Crippen molar-refractivity contribution < 1.29 is 9.15 Å². The zero-order valence-corrected chi connectivity index (χ0v) is 17.9. The van der Waals surface area contributed by atoms with Crippen LogP contribution in [0.15, 0.2) is 70.3 Å². The zero-order valence-electron chi connectivity index (χ0n) is 17.9. The number of nitrogens with zero attached hydrogens (tertiary/aromatic N) is 4. The van der Waals surface area contributed by atoms with E-state index in [1.807, 2.05) is 36.6 Å². The van der Waals surface area contributed by atoms with Gasteiger partial charge in [0, 0.05) is 51.0 Å². The fourth-order valence-electron chi connectivity index (χ4n) is 4.32. The molecule has 0 radical (unpaired) electrons. The highest BCUT2D eigenvalue weighted by atomic mass is 16.5. The lowest BCUT2D eigenvalue weighted by Gasteiger charge is -2.37. The molecule has 0 amide bonds. The average molecular weight is 417 g/mol. The molecular formula is C25H28N4O2. The predicted molar refractivity (Wildman–Crippen MR) is 123 cm³/mol. The van der Waals surface area contributed by atoms with Crippen molar-refractivity contribution in [3.63, 3.8) is 0 Å². The Kier molecular flexibility index (Phi) is 5.63. The third-order valence-electron chi connectivity index (χ3n) is 6.09. The molecule has 0 bridgehead atoms. The third kappa shape index (κ3) is 4.16. The van der Waals surface area contributed by atoms with Crippen LogP contribution in [0, 0.1) is 0 Å². The number of anilines is 1. The second-order valence-corrected chi connectivity index (χ2v) is 7.97. The van der Waals surface area contributed by atoms with Gasteiger partial charge >= 0.3 is 0 Å². The normalized spacial score (nSPS) is 16.4. The fourth-order valence-corrected chi connectivity index (χ4v) is 4.32. The van der Waals surface area contributed by atoms with Crippen LogP contribution in [-0.4, -0.2) is 62.8 Å². The molecular weight excluding hydrogens is 388 g/mol. The van der Waals surface area contributed by atoms with Gasteiger partial charge in [-0.15, -0.1) is 0 Å². The van der Waals surface area contributed by atoms with Crippen LogP contribution < -0.4 is 20.4 Å². The summed E-state index contributed by atoms with van der Waals surface area (Å²) in [6, 6.07) is 18.6. The van der Waals surface area contributed by atoms with Crippen LogP contribution in [0.3, 0.4) is 0 Å². The summed E-state index contributed by atoms with van der Waals surface area (Å²) < 4.78 is 11.4. The van der Waals surface area contributed by atoms with Crippen LogP contribution in [0.5, 0.6) is 5.75 Å². The predicted octanol–water partition coefficient (Wildman–Crippen LogP) is 2.41. The Bertz CT molecular complexity index is 1130. The minimum absolute atomic E-state index is 0.674. The van der Waals surface area contributed by atoms with Crippen molar-refractivity contribution in [2.75, 3.05) is 57.9 Å². The molecule has 0 aliphatic carbocycles. The summed E-state index contributed by atoms with van der Waals surface area (Å²) in [5, 5.41) is 0.966. The lowest BCUT2D eigenvalue weighted by Crippen LogP contribution is -2.48. The van der Waals surface area contributed by atoms with Gasteiger partial charge in [0.2, 0.25) is 0 Å². The van der Waals surface area contributed by atoms with Crippen molar-refractivity contribution in [3.05, 3.63) is 71.6 Å². The molecule has 6 heteroatoms. The van der Waals surface area contributed by atoms with Gasteiger partial charge in [-0.2, -0.15) is 0 Å². The maximum absolute atomic E-state index is 5.83. The van der Waals surface area contributed by atoms with E-state index in [0.29, 0.717) is 6.67 Å². The van der Waals surface area contributed by atoms with E-state index in [9.17, 15) is 0 Å². The van der Waals surface area contributed by atoms with Gasteiger partial charge in [0.1, 0.15) is 24.0 Å². The van der Waals surface area contributed by atoms with Crippen LogP contribution in [0.2, 0.25) is 0 Å². The van der Waals surface area contributed by atoms with Crippen molar-refractivity contribution in [2.45, 2.75) is 0 Å². The Labute approximate surface area is 182 Å². The Morgan fingerprint density at radius 1 is 0.935 bits per heavy atom. The first kappa shape index (κ1) is 19.7. The molecule has 2 aliphatic rings. The minimum Gasteiger partial charge on any atom is -0.495 e. The lowest BCUT2D eigenvalue weighted by atomic mass is 10.1. The zero-order chi connectivity index (χ0) is 21.0. The summed E-state index contributed by atoms with van der Waals surface area (Å²) >= 11 is 0. The maximum atomic E-state index is 5.83. The second kappa shape index (κ2) is 8.86. The van der Waals surface area contributed by atoms with Crippen molar-refractivity contribution in [1.82, 2.24) is 9.80 Å². The fraction of sp³-hybridized carbons (Fsp3) is 0.320. The molecule has 2 aliphatic heterocycles. The van der Waals surface area contributed by atoms with Gasteiger partial charge in [-0.3, -0.25) is 9.89 Å². The molecule has 2 aromatic carbocycles. The molecule has 3 heterocycles. The van der Waals surface area contributed by atoms with E-state index in [0.717, 1.165) is 66.9 Å². The van der Waals surface area contributed by atoms with Gasteiger partial charge < -0.3 is 19.0 Å². The van der Waals surface area contributed by atoms with Gasteiger partial charge in [0.15, 0.2) is 5.42 Å². The number of para-hydroxylation sites is 2. The number of rotatable bonds is 6. The molecule has 0 saturated carbocycles. The highest BCUT2D eigenvalue weighted by Gasteiger charge is 2.20. The summed E-state index contributed by atoms with van der Waals surface area (Å²) in [6.45, 7) is 6.76. The van der Waals surface area contributed by atoms with E-state index in [1.165, 1.54) is 5.69 Å². The van der Waals surface area contributed by atoms with E-state index in [-0.39, 0.29) is 0 Å². The van der Waals surface area contributed by atoms with Crippen LogP contribution in [0.25, 0.3) is 17.3 Å². The SMILES string of the molecule is COc1ccccc1N1CCN(CCN2C=c3occ(-c4ccccc4)c3=NC2)CC1. The number of piperazine rings is 1. The quantitative estimate of drug-likeness (QED) is 0.618. The van der Waals surface area contributed by atoms with Crippen molar-refractivity contribution in [3.8, 4) is 16.9 Å². The van der Waals surface area contributed by atoms with Gasteiger partial charge in [0.05, 0.1) is 12.8 Å². The molecule has 0 unspecified atom stereocenters. The highest BCUT2D eigenvalue weighted by Crippen LogP contribution is 2.28. The first-order chi connectivity index (χ1) is 15.3. The molecule has 31 heavy (non-hydrogen) atoms. The molecule has 5 rings (SSSR count). The van der Waals surface area contributed by atoms with Crippen molar-refractivity contribution >= 4 is 11.9 Å². The number of hydrogen-bond donors (Lipinski definition) is 0. The van der Waals surface area contributed by atoms with Crippen molar-refractivity contribution in [1.29, 1.82) is 0 Å². The summed E-state index contributed by atoms with van der Waals surface area (Å²) in [6.07, 6.45) is 3.93. The molecule has 0 N–H and O–H groups in total. The highest BCUT2D eigenvalue weighted by molar-refractivity contribution is 5.62. The number of ether oxygens (including phenoxy) is 1. The Morgan fingerprint density at radius 3 is 2.52 bits per heavy atom. The molecule has 1 saturated heterocycles. The molecule has 0 spiro atoms. The Balaban J connectivity index is 1.18. The number of hydrogen-bond acceptors (Lipinski definition) is 6. The van der Waals surface area contributed by atoms with E-state index in [4.69, 9.17) is 14.1 Å². The first-order valence-corrected chi connectivity index (χ1v) is 10.9. The van der Waals surface area contributed by atoms with Crippen LogP contribution >= 0.6 is 0 Å². The first-order valence-electron chi connectivity index (χ1n) is 10.9. The van der Waals surface area contributed by atoms with E-state index < -0.39 is 0 Å². The standard InChI is InChI=1S/C25H28N4O2/c1-30-23-10-6-5-9-22(23)29-15-13-27(14-16-29)11-12-28-17-24-25(26-19-28)21(18-31-24)20-7-3-2-4-8-20/h2-10,17-18H,11-16,19H2,1H3. The molecule has 0 atom stereocenters. The van der Waals surface area contributed by atoms with Crippen LogP contribution in [-0.2, 0) is 0 Å². The van der Waals surface area contributed by atoms with Crippen molar-refractivity contribution in [2.24, 2.45) is 4.99 Å². The Morgan fingerprint density at radius 2 is 1.71 bits per heavy atom. The van der Waals surface area contributed by atoms with Crippen LogP contribution in [0.1, 0.15) is 0 Å². The van der Waals surface area contributed by atoms with Gasteiger partial charge in [-0.25, -0.2) is 0 Å². The second-order valence-electron chi connectivity index (χ2n) is 7.97. The summed E-state index contributed by atoms with van der Waals surface area (Å²) in [5.41, 5.74) is 4.25. The number of methoxy groups -OCH3 is 1. The largest absolute Gasteiger partial charge is 0.495 e. The number of fused-ring (bicyclic) bond motifs is 1. The minimum atomic E-state index is 0.674. The lowest BCUT2D eigenvalue weighted by molar-refractivity contribution is 0.231. The molecule has 3 aromatic rings. The number of furan rings is 1. The molecule has 6 nitrogen and oxygen atoms in total. The smallest absolute Gasteiger partial charge is 0.168 e. The third-order valence-corrected chi connectivity index (χ3v) is 6.09. The molecule has 160 valence electrons. The van der Waals surface area contributed by atoms with Gasteiger partial charge in [0.25, 0.3) is 0 Å². The maximum Gasteiger partial charge on any atom is 0.168 e. The molecule has 1 aromatic heterocycles. The summed E-state index contributed by atoms with van der Waals surface area (Å²) in [4.78, 5) is 12.0. The van der Waals surface area contributed by atoms with Crippen LogP contribution in [0.4, 0.5) is 5.69 Å². The van der Waals surface area contributed by atoms with E-state index in [1.54, 1.807) is 7.11 Å². The van der Waals surface area contributed by atoms with Gasteiger partial charge in [-0.1, -0.05) is 42.5 Å². The van der Waals surface area contributed by atoms with E-state index >= 15 is 0 Å². The topological polar surface area (TPSA) is 44.5 Å². The Hall–Kier alpha value is -3.25. The summed E-state index contributed by atoms with van der Waals surface area (Å²) in [5.74, 6) is 0.949. The van der Waals surface area contributed by atoms with E-state index in [2.05, 4.69) is 45.2 Å². The average Bonchev–Trinajstić information content (AvgIpc) is 3.27. The number of benzene rings is 2. The molecule has 1 fully saturated rings. The monoisotopic (exact) mass is 416 g/mol.